The Morgan fingerprint density at radius 3 is 2.52 bits per heavy atom. The Hall–Kier alpha value is -4.48. The molecule has 0 spiro atoms. The van der Waals surface area contributed by atoms with Gasteiger partial charge in [-0.2, -0.15) is 5.01 Å². The first-order chi connectivity index (χ1) is 19.4. The molecule has 6 rings (SSSR count). The van der Waals surface area contributed by atoms with Crippen molar-refractivity contribution in [3.8, 4) is 0 Å². The van der Waals surface area contributed by atoms with Crippen molar-refractivity contribution in [3.63, 3.8) is 0 Å². The number of urea groups is 1. The lowest BCUT2D eigenvalue weighted by Gasteiger charge is -2.45. The van der Waals surface area contributed by atoms with E-state index in [2.05, 4.69) is 10.3 Å². The molecule has 3 heterocycles. The number of carbonyl (C=O) groups is 3. The van der Waals surface area contributed by atoms with Crippen LogP contribution in [0.5, 0.6) is 0 Å². The van der Waals surface area contributed by atoms with Crippen molar-refractivity contribution in [2.24, 2.45) is 0 Å². The predicted octanol–water partition coefficient (Wildman–Crippen LogP) is 3.19. The summed E-state index contributed by atoms with van der Waals surface area (Å²) in [7, 11) is 1.65. The molecule has 204 valence electrons. The lowest BCUT2D eigenvalue weighted by molar-refractivity contribution is -0.157. The minimum absolute atomic E-state index is 0.0113. The monoisotopic (exact) mass is 555 g/mol. The van der Waals surface area contributed by atoms with Gasteiger partial charge in [-0.25, -0.2) is 9.78 Å². The number of hydrogen-bond acceptors (Lipinski definition) is 7. The summed E-state index contributed by atoms with van der Waals surface area (Å²) in [4.78, 5) is 48.5. The summed E-state index contributed by atoms with van der Waals surface area (Å²) in [5.74, 6) is -0.377. The van der Waals surface area contributed by atoms with E-state index in [-0.39, 0.29) is 30.9 Å². The zero-order chi connectivity index (χ0) is 27.8. The van der Waals surface area contributed by atoms with Crippen molar-refractivity contribution in [2.75, 3.05) is 25.9 Å². The first-order valence-electron chi connectivity index (χ1n) is 13.0. The summed E-state index contributed by atoms with van der Waals surface area (Å²) in [5, 5.41) is 6.58. The van der Waals surface area contributed by atoms with Crippen LogP contribution in [0.3, 0.4) is 0 Å². The van der Waals surface area contributed by atoms with E-state index < -0.39 is 12.2 Å². The van der Waals surface area contributed by atoms with Crippen LogP contribution in [-0.2, 0) is 22.7 Å². The third-order valence-corrected chi connectivity index (χ3v) is 8.27. The van der Waals surface area contributed by atoms with E-state index in [9.17, 15) is 14.4 Å². The molecule has 2 saturated heterocycles. The van der Waals surface area contributed by atoms with Crippen LogP contribution in [0.25, 0.3) is 10.2 Å². The number of amides is 4. The van der Waals surface area contributed by atoms with E-state index in [1.165, 1.54) is 16.3 Å². The van der Waals surface area contributed by atoms with E-state index in [4.69, 9.17) is 5.73 Å². The van der Waals surface area contributed by atoms with Crippen LogP contribution in [0.2, 0.25) is 0 Å². The molecule has 2 aliphatic rings. The van der Waals surface area contributed by atoms with E-state index in [0.29, 0.717) is 18.2 Å². The van der Waals surface area contributed by atoms with Crippen molar-refractivity contribution in [1.82, 2.24) is 30.1 Å². The maximum Gasteiger partial charge on any atom is 0.332 e. The van der Waals surface area contributed by atoms with E-state index in [1.54, 1.807) is 21.9 Å². The number of benzene rings is 3. The van der Waals surface area contributed by atoms with Gasteiger partial charge in [-0.05, 0) is 22.8 Å². The average Bonchev–Trinajstić information content (AvgIpc) is 3.52. The Morgan fingerprint density at radius 1 is 1.05 bits per heavy atom. The number of thiazole rings is 1. The second kappa shape index (κ2) is 10.6. The highest BCUT2D eigenvalue weighted by molar-refractivity contribution is 7.22. The first kappa shape index (κ1) is 25.8. The van der Waals surface area contributed by atoms with Crippen LogP contribution < -0.4 is 11.1 Å². The molecular weight excluding hydrogens is 526 g/mol. The topological polar surface area (TPSA) is 115 Å². The maximum absolute atomic E-state index is 14.0. The number of nitrogen functional groups attached to an aromatic ring is 1. The van der Waals surface area contributed by atoms with Crippen LogP contribution in [0.1, 0.15) is 22.7 Å². The smallest absolute Gasteiger partial charge is 0.332 e. The van der Waals surface area contributed by atoms with Gasteiger partial charge in [0.25, 0.3) is 5.91 Å². The fraction of sp³-hybridized carbons (Fsp3) is 0.241. The molecule has 0 saturated carbocycles. The van der Waals surface area contributed by atoms with Gasteiger partial charge < -0.3 is 20.9 Å². The standard InChI is InChI=1S/C29H29N7O3S/c1-33(29(39)31-15-19-9-4-2-5-10-19)35-18-24(37)36-23(35)17-34(27(38)26(36)20-11-6-3-7-12-20)16-21-13-8-14-22-25(21)32-28(30)40-22/h2-14,23,26H,15-18H2,1H3,(H2,30,32)(H,31,39)/t23-,26+/m1/s1. The summed E-state index contributed by atoms with van der Waals surface area (Å²) in [6, 6.07) is 23.6. The molecule has 11 heteroatoms. The van der Waals surface area contributed by atoms with Crippen molar-refractivity contribution < 1.29 is 14.4 Å². The van der Waals surface area contributed by atoms with Crippen LogP contribution in [0.15, 0.2) is 78.9 Å². The molecule has 4 aromatic rings. The molecule has 4 amide bonds. The highest BCUT2D eigenvalue weighted by Gasteiger charge is 2.52. The molecule has 0 unspecified atom stereocenters. The van der Waals surface area contributed by atoms with Gasteiger partial charge in [0.2, 0.25) is 5.91 Å². The molecule has 3 aromatic carbocycles. The van der Waals surface area contributed by atoms with Crippen molar-refractivity contribution in [1.29, 1.82) is 0 Å². The maximum atomic E-state index is 14.0. The molecule has 0 bridgehead atoms. The number of nitrogens with zero attached hydrogens (tertiary/aromatic N) is 5. The zero-order valence-electron chi connectivity index (χ0n) is 21.9. The fourth-order valence-electron chi connectivity index (χ4n) is 5.46. The van der Waals surface area contributed by atoms with Crippen molar-refractivity contribution in [3.05, 3.63) is 95.6 Å². The number of rotatable bonds is 6. The first-order valence-corrected chi connectivity index (χ1v) is 13.8. The van der Waals surface area contributed by atoms with Gasteiger partial charge in [-0.1, -0.05) is 84.1 Å². The second-order valence-corrected chi connectivity index (χ2v) is 11.0. The molecule has 1 aromatic heterocycles. The third kappa shape index (κ3) is 4.74. The Bertz CT molecular complexity index is 1560. The quantitative estimate of drug-likeness (QED) is 0.378. The highest BCUT2D eigenvalue weighted by Crippen LogP contribution is 2.37. The number of piperazine rings is 1. The number of anilines is 1. The largest absolute Gasteiger partial charge is 0.375 e. The number of fused-ring (bicyclic) bond motifs is 2. The Morgan fingerprint density at radius 2 is 1.77 bits per heavy atom. The van der Waals surface area contributed by atoms with Crippen LogP contribution in [-0.4, -0.2) is 69.0 Å². The Balaban J connectivity index is 1.30. The van der Waals surface area contributed by atoms with Crippen LogP contribution in [0.4, 0.5) is 9.93 Å². The van der Waals surface area contributed by atoms with Gasteiger partial charge in [-0.15, -0.1) is 0 Å². The molecule has 0 aliphatic carbocycles. The van der Waals surface area contributed by atoms with Crippen LogP contribution >= 0.6 is 11.3 Å². The minimum Gasteiger partial charge on any atom is -0.375 e. The molecule has 0 radical (unpaired) electrons. The van der Waals surface area contributed by atoms with Gasteiger partial charge in [0.05, 0.1) is 23.3 Å². The number of hydrazine groups is 1. The van der Waals surface area contributed by atoms with E-state index in [1.807, 2.05) is 78.9 Å². The second-order valence-electron chi connectivity index (χ2n) is 9.90. The molecule has 40 heavy (non-hydrogen) atoms. The lowest BCUT2D eigenvalue weighted by Crippen LogP contribution is -2.62. The van der Waals surface area contributed by atoms with Gasteiger partial charge >= 0.3 is 6.03 Å². The molecule has 2 fully saturated rings. The lowest BCUT2D eigenvalue weighted by atomic mass is 10.00. The summed E-state index contributed by atoms with van der Waals surface area (Å²) < 4.78 is 0.952. The van der Waals surface area contributed by atoms with Gasteiger partial charge in [-0.3, -0.25) is 14.6 Å². The highest BCUT2D eigenvalue weighted by atomic mass is 32.1. The van der Waals surface area contributed by atoms with Crippen molar-refractivity contribution in [2.45, 2.75) is 25.3 Å². The number of nitrogens with two attached hydrogens (primary N) is 1. The Kier molecular flexibility index (Phi) is 6.82. The SMILES string of the molecule is CN(C(=O)NCc1ccccc1)N1CC(=O)N2[C@@H](c3ccccc3)C(=O)N(Cc3cccc4sc(N)nc34)C[C@@H]21. The normalized spacial score (nSPS) is 19.2. The van der Waals surface area contributed by atoms with E-state index >= 15 is 0 Å². The number of para-hydroxylation sites is 1. The predicted molar refractivity (Wildman–Crippen MR) is 152 cm³/mol. The summed E-state index contributed by atoms with van der Waals surface area (Å²) in [5.41, 5.74) is 9.33. The van der Waals surface area contributed by atoms with Gasteiger partial charge in [0.1, 0.15) is 12.2 Å². The summed E-state index contributed by atoms with van der Waals surface area (Å²) >= 11 is 1.40. The fourth-order valence-corrected chi connectivity index (χ4v) is 6.24. The van der Waals surface area contributed by atoms with Crippen molar-refractivity contribution >= 4 is 44.5 Å². The van der Waals surface area contributed by atoms with Gasteiger partial charge in [0.15, 0.2) is 5.13 Å². The summed E-state index contributed by atoms with van der Waals surface area (Å²) in [6.45, 7) is 0.889. The minimum atomic E-state index is -0.807. The number of hydrogen-bond donors (Lipinski definition) is 2. The zero-order valence-corrected chi connectivity index (χ0v) is 22.8. The Labute approximate surface area is 235 Å². The van der Waals surface area contributed by atoms with Crippen LogP contribution in [0, 0.1) is 0 Å². The molecule has 2 atom stereocenters. The molecular formula is C29H29N7O3S. The van der Waals surface area contributed by atoms with Gasteiger partial charge in [0, 0.05) is 20.1 Å². The molecule has 2 aliphatic heterocycles. The number of carbonyl (C=O) groups excluding carboxylic acids is 3. The number of nitrogens with one attached hydrogen (secondary N) is 1. The average molecular weight is 556 g/mol. The third-order valence-electron chi connectivity index (χ3n) is 7.42. The summed E-state index contributed by atoms with van der Waals surface area (Å²) in [6.07, 6.45) is -0.525. The molecule has 3 N–H and O–H groups in total. The number of aromatic nitrogens is 1. The van der Waals surface area contributed by atoms with E-state index in [0.717, 1.165) is 26.9 Å². The molecule has 10 nitrogen and oxygen atoms in total.